The van der Waals surface area contributed by atoms with Crippen molar-refractivity contribution in [1.29, 1.82) is 0 Å². The number of aliphatic hydroxyl groups is 4. The van der Waals surface area contributed by atoms with E-state index >= 15 is 0 Å². The van der Waals surface area contributed by atoms with Crippen LogP contribution in [0.25, 0.3) is 0 Å². The Morgan fingerprint density at radius 2 is 1.11 bits per heavy atom. The summed E-state index contributed by atoms with van der Waals surface area (Å²) in [6.07, 6.45) is 16.6. The van der Waals surface area contributed by atoms with Crippen molar-refractivity contribution in [3.05, 3.63) is 48.3 Å². The van der Waals surface area contributed by atoms with Gasteiger partial charge in [-0.1, -0.05) is 52.4 Å². The predicted molar refractivity (Wildman–Crippen MR) is 171 cm³/mol. The van der Waals surface area contributed by atoms with E-state index in [9.17, 15) is 20.4 Å². The minimum atomic E-state index is -0.896. The molecule has 8 atom stereocenters. The monoisotopic (exact) mass is 620 g/mol. The van der Waals surface area contributed by atoms with Crippen LogP contribution in [-0.4, -0.2) is 56.0 Å². The number of furan rings is 2. The lowest BCUT2D eigenvalue weighted by Gasteiger charge is -2.33. The summed E-state index contributed by atoms with van der Waals surface area (Å²) < 4.78 is 22.9. The van der Waals surface area contributed by atoms with Gasteiger partial charge in [-0.15, -0.1) is 0 Å². The van der Waals surface area contributed by atoms with E-state index in [0.717, 1.165) is 51.4 Å². The fourth-order valence-corrected chi connectivity index (χ4v) is 6.48. The summed E-state index contributed by atoms with van der Waals surface area (Å²) in [4.78, 5) is 0. The topological polar surface area (TPSA) is 126 Å². The van der Waals surface area contributed by atoms with E-state index in [1.165, 1.54) is 25.7 Å². The molecule has 4 rings (SSSR count). The molecule has 0 spiro atoms. The predicted octanol–water partition coefficient (Wildman–Crippen LogP) is 7.94. The molecule has 2 aromatic heterocycles. The van der Waals surface area contributed by atoms with E-state index in [1.54, 1.807) is 36.8 Å². The zero-order chi connectivity index (χ0) is 32.0. The third kappa shape index (κ3) is 11.9. The van der Waals surface area contributed by atoms with Crippen LogP contribution in [0, 0.1) is 0 Å². The van der Waals surface area contributed by atoms with Crippen LogP contribution in [0.2, 0.25) is 0 Å². The molecule has 4 heterocycles. The molecule has 8 nitrogen and oxygen atoms in total. The van der Waals surface area contributed by atoms with Crippen LogP contribution in [0.1, 0.15) is 154 Å². The van der Waals surface area contributed by atoms with Gasteiger partial charge in [-0.05, 0) is 89.5 Å². The lowest BCUT2D eigenvalue weighted by atomic mass is 9.89. The molecule has 0 amide bonds. The van der Waals surface area contributed by atoms with Gasteiger partial charge in [0.1, 0.15) is 23.7 Å². The summed E-state index contributed by atoms with van der Waals surface area (Å²) in [5.41, 5.74) is -1.79. The van der Waals surface area contributed by atoms with Gasteiger partial charge in [-0.3, -0.25) is 0 Å². The number of rotatable bonds is 14. The van der Waals surface area contributed by atoms with Gasteiger partial charge < -0.3 is 38.7 Å². The first-order valence-corrected chi connectivity index (χ1v) is 17.2. The Balaban J connectivity index is 0.000000240. The largest absolute Gasteiger partial charge is 0.467 e. The molecule has 0 aromatic carbocycles. The number of hydrogen-bond acceptors (Lipinski definition) is 8. The van der Waals surface area contributed by atoms with Gasteiger partial charge in [-0.25, -0.2) is 0 Å². The number of ether oxygens (including phenoxy) is 2. The van der Waals surface area contributed by atoms with Crippen LogP contribution < -0.4 is 0 Å². The second kappa shape index (κ2) is 18.5. The van der Waals surface area contributed by atoms with Crippen molar-refractivity contribution in [2.45, 2.75) is 178 Å². The van der Waals surface area contributed by atoms with Crippen molar-refractivity contribution < 1.29 is 38.7 Å². The Morgan fingerprint density at radius 1 is 0.705 bits per heavy atom. The van der Waals surface area contributed by atoms with Gasteiger partial charge in [-0.2, -0.15) is 0 Å². The second-order valence-electron chi connectivity index (χ2n) is 13.5. The Labute approximate surface area is 265 Å². The van der Waals surface area contributed by atoms with Crippen molar-refractivity contribution >= 4 is 0 Å². The van der Waals surface area contributed by atoms with Gasteiger partial charge in [0.25, 0.3) is 0 Å². The third-order valence-corrected chi connectivity index (χ3v) is 9.40. The van der Waals surface area contributed by atoms with Crippen molar-refractivity contribution in [2.75, 3.05) is 0 Å². The highest BCUT2D eigenvalue weighted by Crippen LogP contribution is 2.36. The Hall–Kier alpha value is -1.68. The first kappa shape index (κ1) is 36.8. The fraction of sp³-hybridized carbons (Fsp3) is 0.778. The highest BCUT2D eigenvalue weighted by Gasteiger charge is 2.40. The molecule has 4 N–H and O–H groups in total. The molecule has 0 radical (unpaired) electrons. The average Bonchev–Trinajstić information content (AvgIpc) is 3.67. The molecule has 2 aromatic rings. The number of unbranched alkanes of at least 4 members (excludes halogenated alkanes) is 4. The molecule has 2 aliphatic rings. The van der Waals surface area contributed by atoms with E-state index in [0.29, 0.717) is 37.2 Å². The smallest absolute Gasteiger partial charge is 0.132 e. The Morgan fingerprint density at radius 3 is 1.45 bits per heavy atom. The van der Waals surface area contributed by atoms with Crippen molar-refractivity contribution in [1.82, 2.24) is 0 Å². The molecular formula is C36H60O8. The molecule has 2 fully saturated rings. The zero-order valence-corrected chi connectivity index (χ0v) is 27.7. The van der Waals surface area contributed by atoms with Crippen LogP contribution in [0.5, 0.6) is 0 Å². The summed E-state index contributed by atoms with van der Waals surface area (Å²) >= 11 is 0. The lowest BCUT2D eigenvalue weighted by molar-refractivity contribution is -0.132. The zero-order valence-electron chi connectivity index (χ0n) is 27.7. The summed E-state index contributed by atoms with van der Waals surface area (Å²) in [6.45, 7) is 8.03. The van der Waals surface area contributed by atoms with Crippen LogP contribution in [0.4, 0.5) is 0 Å². The van der Waals surface area contributed by atoms with Crippen molar-refractivity contribution in [3.63, 3.8) is 0 Å². The second-order valence-corrected chi connectivity index (χ2v) is 13.5. The van der Waals surface area contributed by atoms with Crippen LogP contribution in [0.15, 0.2) is 45.6 Å². The number of hydrogen-bond donors (Lipinski definition) is 4. The first-order valence-electron chi connectivity index (χ1n) is 17.2. The minimum absolute atomic E-state index is 0.189. The summed E-state index contributed by atoms with van der Waals surface area (Å²) in [5.74, 6) is 1.07. The maximum Gasteiger partial charge on any atom is 0.132 e. The maximum atomic E-state index is 10.7. The highest BCUT2D eigenvalue weighted by atomic mass is 16.5. The molecule has 0 bridgehead atoms. The van der Waals surface area contributed by atoms with Gasteiger partial charge in [0.05, 0.1) is 48.1 Å². The SMILES string of the molecule is CCCCC[C@@H]1CCC[C@@](C)(O)[C@H](C[C@@H](O)c2ccco2)O1.CCCCC[C@@H]1CCC[C@@](C)(O)[C@H](C[C@@H](O)c2ccco2)O1. The molecular weight excluding hydrogens is 560 g/mol. The van der Waals surface area contributed by atoms with Gasteiger partial charge in [0.2, 0.25) is 0 Å². The molecule has 252 valence electrons. The van der Waals surface area contributed by atoms with Crippen molar-refractivity contribution in [3.8, 4) is 0 Å². The quantitative estimate of drug-likeness (QED) is 0.157. The highest BCUT2D eigenvalue weighted by molar-refractivity contribution is 5.04. The van der Waals surface area contributed by atoms with Gasteiger partial charge in [0.15, 0.2) is 0 Å². The van der Waals surface area contributed by atoms with E-state index in [2.05, 4.69) is 13.8 Å². The summed E-state index contributed by atoms with van der Waals surface area (Å²) in [7, 11) is 0. The van der Waals surface area contributed by atoms with Crippen molar-refractivity contribution in [2.24, 2.45) is 0 Å². The van der Waals surface area contributed by atoms with Gasteiger partial charge in [0, 0.05) is 12.8 Å². The minimum Gasteiger partial charge on any atom is -0.467 e. The molecule has 2 saturated heterocycles. The summed E-state index contributed by atoms with van der Waals surface area (Å²) in [6, 6.07) is 7.04. The van der Waals surface area contributed by atoms with Gasteiger partial charge >= 0.3 is 0 Å². The van der Waals surface area contributed by atoms with Crippen LogP contribution in [0.3, 0.4) is 0 Å². The molecule has 44 heavy (non-hydrogen) atoms. The molecule has 8 heteroatoms. The maximum absolute atomic E-state index is 10.7. The normalized spacial score (nSPS) is 30.9. The molecule has 0 unspecified atom stereocenters. The van der Waals surface area contributed by atoms with E-state index < -0.39 is 23.4 Å². The molecule has 0 saturated carbocycles. The Bertz CT molecular complexity index is 906. The first-order chi connectivity index (χ1) is 21.1. The van der Waals surface area contributed by atoms with Crippen LogP contribution in [-0.2, 0) is 9.47 Å². The Kier molecular flexibility index (Phi) is 15.4. The summed E-state index contributed by atoms with van der Waals surface area (Å²) in [5, 5.41) is 42.0. The van der Waals surface area contributed by atoms with Crippen LogP contribution >= 0.6 is 0 Å². The fourth-order valence-electron chi connectivity index (χ4n) is 6.48. The van der Waals surface area contributed by atoms with E-state index in [1.807, 2.05) is 13.8 Å². The van der Waals surface area contributed by atoms with E-state index in [4.69, 9.17) is 18.3 Å². The number of aliphatic hydroxyl groups excluding tert-OH is 2. The van der Waals surface area contributed by atoms with E-state index in [-0.39, 0.29) is 24.4 Å². The lowest BCUT2D eigenvalue weighted by Crippen LogP contribution is -2.42. The molecule has 2 aliphatic heterocycles. The third-order valence-electron chi connectivity index (χ3n) is 9.40. The standard InChI is InChI=1S/2C18H30O4/c2*1-3-4-5-8-14-9-6-11-18(2,20)17(22-14)13-15(19)16-10-7-12-21-16/h2*7,10,12,14-15,17,19-20H,3-6,8-9,11,13H2,1-2H3/t2*14-,15-,17+,18-/m11/s1. The average molecular weight is 621 g/mol. The molecule has 0 aliphatic carbocycles.